The molecule has 0 saturated heterocycles. The number of anilines is 1. The average molecular weight is 413 g/mol. The van der Waals surface area contributed by atoms with Crippen LogP contribution in [0.25, 0.3) is 22.9 Å². The van der Waals surface area contributed by atoms with Gasteiger partial charge in [-0.25, -0.2) is 0 Å². The van der Waals surface area contributed by atoms with E-state index in [4.69, 9.17) is 13.5 Å². The van der Waals surface area contributed by atoms with Gasteiger partial charge in [-0.15, -0.1) is 0 Å². The van der Waals surface area contributed by atoms with Crippen molar-refractivity contribution in [1.29, 1.82) is 0 Å². The molecule has 4 heterocycles. The molecule has 0 aliphatic heterocycles. The van der Waals surface area contributed by atoms with Crippen LogP contribution in [0.5, 0.6) is 0 Å². The Morgan fingerprint density at radius 2 is 1.90 bits per heavy atom. The summed E-state index contributed by atoms with van der Waals surface area (Å²) >= 11 is 0. The third-order valence-electron chi connectivity index (χ3n) is 4.50. The second-order valence-corrected chi connectivity index (χ2v) is 6.60. The van der Waals surface area contributed by atoms with Crippen LogP contribution in [0.3, 0.4) is 0 Å². The highest BCUT2D eigenvalue weighted by Gasteiger charge is 2.17. The van der Waals surface area contributed by atoms with Crippen LogP contribution in [0.2, 0.25) is 0 Å². The van der Waals surface area contributed by atoms with Gasteiger partial charge in [0.2, 0.25) is 17.5 Å². The number of hydrogen-bond acceptors (Lipinski definition) is 8. The van der Waals surface area contributed by atoms with Gasteiger partial charge in [-0.1, -0.05) is 28.5 Å². The molecule has 1 aromatic carbocycles. The zero-order valence-corrected chi connectivity index (χ0v) is 16.1. The van der Waals surface area contributed by atoms with E-state index >= 15 is 0 Å². The lowest BCUT2D eigenvalue weighted by atomic mass is 10.1. The van der Waals surface area contributed by atoms with Gasteiger partial charge in [0.15, 0.2) is 11.5 Å². The Morgan fingerprint density at radius 3 is 2.74 bits per heavy atom. The molecule has 152 valence electrons. The predicted molar refractivity (Wildman–Crippen MR) is 109 cm³/mol. The molecular formula is C22H15N5O4. The first kappa shape index (κ1) is 18.5. The minimum absolute atomic E-state index is 0.137. The van der Waals surface area contributed by atoms with Crippen molar-refractivity contribution in [2.24, 2.45) is 0 Å². The molecule has 0 radical (unpaired) electrons. The Morgan fingerprint density at radius 1 is 0.968 bits per heavy atom. The van der Waals surface area contributed by atoms with Crippen LogP contribution in [0.15, 0.2) is 86.7 Å². The number of nitrogens with zero attached hydrogens (tertiary/aromatic N) is 4. The summed E-state index contributed by atoms with van der Waals surface area (Å²) < 4.78 is 15.8. The first-order chi connectivity index (χ1) is 15.3. The van der Waals surface area contributed by atoms with Crippen LogP contribution in [0, 0.1) is 0 Å². The number of rotatable bonds is 6. The fraction of sp³-hybridized carbons (Fsp3) is 0.0455. The number of amides is 1. The van der Waals surface area contributed by atoms with E-state index in [1.807, 2.05) is 24.3 Å². The summed E-state index contributed by atoms with van der Waals surface area (Å²) in [5.74, 6) is 1.33. The summed E-state index contributed by atoms with van der Waals surface area (Å²) in [6.07, 6.45) is 5.21. The maximum absolute atomic E-state index is 12.7. The predicted octanol–water partition coefficient (Wildman–Crippen LogP) is 4.22. The largest absolute Gasteiger partial charge is 0.461 e. The lowest BCUT2D eigenvalue weighted by Gasteiger charge is -2.08. The van der Waals surface area contributed by atoms with Crippen LogP contribution in [-0.4, -0.2) is 26.2 Å². The van der Waals surface area contributed by atoms with Gasteiger partial charge in [0.1, 0.15) is 0 Å². The van der Waals surface area contributed by atoms with Gasteiger partial charge >= 0.3 is 0 Å². The number of para-hydroxylation sites is 1. The summed E-state index contributed by atoms with van der Waals surface area (Å²) in [4.78, 5) is 21.1. The van der Waals surface area contributed by atoms with Crippen molar-refractivity contribution >= 4 is 11.6 Å². The highest BCUT2D eigenvalue weighted by molar-refractivity contribution is 6.03. The van der Waals surface area contributed by atoms with Crippen LogP contribution >= 0.6 is 0 Å². The minimum atomic E-state index is -0.407. The highest BCUT2D eigenvalue weighted by Crippen LogP contribution is 2.23. The Kier molecular flexibility index (Phi) is 4.82. The van der Waals surface area contributed by atoms with Crippen molar-refractivity contribution in [3.05, 3.63) is 90.4 Å². The third-order valence-corrected chi connectivity index (χ3v) is 4.50. The molecule has 5 rings (SSSR count). The smallest absolute Gasteiger partial charge is 0.277 e. The molecule has 0 aliphatic carbocycles. The van der Waals surface area contributed by atoms with Crippen molar-refractivity contribution in [2.75, 3.05) is 5.32 Å². The fourth-order valence-corrected chi connectivity index (χ4v) is 3.00. The first-order valence-electron chi connectivity index (χ1n) is 9.39. The monoisotopic (exact) mass is 413 g/mol. The molecule has 0 fully saturated rings. The maximum atomic E-state index is 12.7. The number of pyridine rings is 1. The Labute approximate surface area is 175 Å². The third kappa shape index (κ3) is 3.97. The number of furan rings is 1. The molecule has 9 heteroatoms. The van der Waals surface area contributed by atoms with Crippen molar-refractivity contribution in [3.63, 3.8) is 0 Å². The summed E-state index contributed by atoms with van der Waals surface area (Å²) in [5, 5.41) is 10.7. The number of carbonyl (C=O) groups excluding carboxylic acids is 1. The van der Waals surface area contributed by atoms with Gasteiger partial charge in [-0.05, 0) is 35.9 Å². The van der Waals surface area contributed by atoms with Crippen molar-refractivity contribution in [3.8, 4) is 22.9 Å². The minimum Gasteiger partial charge on any atom is -0.461 e. The topological polar surface area (TPSA) is 120 Å². The number of benzene rings is 1. The second-order valence-electron chi connectivity index (χ2n) is 6.60. The molecule has 0 bridgehead atoms. The Bertz CT molecular complexity index is 1310. The van der Waals surface area contributed by atoms with E-state index in [9.17, 15) is 4.79 Å². The molecule has 1 amide bonds. The van der Waals surface area contributed by atoms with E-state index in [-0.39, 0.29) is 5.69 Å². The normalized spacial score (nSPS) is 10.8. The lowest BCUT2D eigenvalue weighted by molar-refractivity contribution is 0.101. The van der Waals surface area contributed by atoms with E-state index < -0.39 is 5.91 Å². The first-order valence-corrected chi connectivity index (χ1v) is 9.39. The molecule has 0 saturated carbocycles. The molecule has 9 nitrogen and oxygen atoms in total. The van der Waals surface area contributed by atoms with Crippen LogP contribution < -0.4 is 5.32 Å². The summed E-state index contributed by atoms with van der Waals surface area (Å²) in [6.45, 7) is 0. The van der Waals surface area contributed by atoms with Crippen molar-refractivity contribution in [2.45, 2.75) is 6.42 Å². The Balaban J connectivity index is 1.33. The molecule has 1 N–H and O–H groups in total. The number of aromatic nitrogens is 4. The van der Waals surface area contributed by atoms with Gasteiger partial charge < -0.3 is 18.8 Å². The van der Waals surface area contributed by atoms with Gasteiger partial charge in [0.25, 0.3) is 5.91 Å². The SMILES string of the molecule is O=C(Nc1ccccc1Cc1nc(-c2cccnc2)no1)c1cc(-c2ccco2)on1. The van der Waals surface area contributed by atoms with Gasteiger partial charge in [0.05, 0.1) is 12.7 Å². The number of hydrogen-bond donors (Lipinski definition) is 1. The molecule has 0 unspecified atom stereocenters. The van der Waals surface area contributed by atoms with Crippen LogP contribution in [0.1, 0.15) is 21.9 Å². The summed E-state index contributed by atoms with van der Waals surface area (Å²) in [7, 11) is 0. The van der Waals surface area contributed by atoms with E-state index in [2.05, 4.69) is 25.6 Å². The zero-order valence-electron chi connectivity index (χ0n) is 16.1. The molecule has 0 aliphatic rings. The molecule has 0 spiro atoms. The van der Waals surface area contributed by atoms with Crippen molar-refractivity contribution < 1.29 is 18.3 Å². The van der Waals surface area contributed by atoms with E-state index in [0.717, 1.165) is 11.1 Å². The average Bonchev–Trinajstić information content (AvgIpc) is 3.57. The maximum Gasteiger partial charge on any atom is 0.277 e. The number of nitrogens with one attached hydrogen (secondary N) is 1. The van der Waals surface area contributed by atoms with Crippen LogP contribution in [-0.2, 0) is 6.42 Å². The molecule has 4 aromatic heterocycles. The van der Waals surface area contributed by atoms with Gasteiger partial charge in [0, 0.05) is 29.7 Å². The molecule has 0 atom stereocenters. The summed E-state index contributed by atoms with van der Waals surface area (Å²) in [5.41, 5.74) is 2.32. The zero-order chi connectivity index (χ0) is 21.0. The fourth-order valence-electron chi connectivity index (χ4n) is 3.00. The van der Waals surface area contributed by atoms with E-state index in [0.29, 0.717) is 35.3 Å². The number of carbonyl (C=O) groups is 1. The van der Waals surface area contributed by atoms with E-state index in [1.165, 1.54) is 12.3 Å². The van der Waals surface area contributed by atoms with Gasteiger partial charge in [-0.2, -0.15) is 4.98 Å². The van der Waals surface area contributed by atoms with Gasteiger partial charge in [-0.3, -0.25) is 9.78 Å². The second kappa shape index (κ2) is 8.07. The van der Waals surface area contributed by atoms with Crippen molar-refractivity contribution in [1.82, 2.24) is 20.3 Å². The quantitative estimate of drug-likeness (QED) is 0.439. The standard InChI is InChI=1S/C22H15N5O4/c28-22(17-12-19(30-26-17)18-8-4-10-29-18)24-16-7-2-1-5-14(16)11-20-25-21(27-31-20)15-6-3-9-23-13-15/h1-10,12-13H,11H2,(H,24,28). The molecule has 31 heavy (non-hydrogen) atoms. The highest BCUT2D eigenvalue weighted by atomic mass is 16.5. The summed E-state index contributed by atoms with van der Waals surface area (Å²) in [6, 6.07) is 16.0. The van der Waals surface area contributed by atoms with E-state index in [1.54, 1.807) is 36.7 Å². The van der Waals surface area contributed by atoms with Crippen LogP contribution in [0.4, 0.5) is 5.69 Å². The molecule has 5 aromatic rings. The Hall–Kier alpha value is -4.53. The lowest BCUT2D eigenvalue weighted by Crippen LogP contribution is -2.13. The molecular weight excluding hydrogens is 398 g/mol.